The lowest BCUT2D eigenvalue weighted by molar-refractivity contribution is 0.540. The summed E-state index contributed by atoms with van der Waals surface area (Å²) < 4.78 is 0. The van der Waals surface area contributed by atoms with Crippen LogP contribution < -0.4 is 5.32 Å². The molecule has 0 heterocycles. The van der Waals surface area contributed by atoms with Crippen LogP contribution in [0.4, 0.5) is 0 Å². The molecule has 1 nitrogen and oxygen atoms in total. The molecule has 0 fully saturated rings. The van der Waals surface area contributed by atoms with Gasteiger partial charge in [-0.05, 0) is 25.2 Å². The largest absolute Gasteiger partial charge is 0.389 e. The normalized spacial score (nSPS) is 10.3. The van der Waals surface area contributed by atoms with Crippen LogP contribution in [0.3, 0.4) is 0 Å². The summed E-state index contributed by atoms with van der Waals surface area (Å²) in [5.74, 6) is 0.825. The van der Waals surface area contributed by atoms with Gasteiger partial charge < -0.3 is 5.32 Å². The summed E-state index contributed by atoms with van der Waals surface area (Å²) in [7, 11) is 0. The molecule has 0 saturated carbocycles. The van der Waals surface area contributed by atoms with E-state index in [1.165, 1.54) is 25.0 Å². The topological polar surface area (TPSA) is 12.0 Å². The lowest BCUT2D eigenvalue weighted by atomic mass is 10.1. The molecular formula is C11H23N. The van der Waals surface area contributed by atoms with Crippen LogP contribution in [0.15, 0.2) is 12.3 Å². The third-order valence-electron chi connectivity index (χ3n) is 1.89. The Bertz CT molecular complexity index is 116. The average Bonchev–Trinajstić information content (AvgIpc) is 1.98. The lowest BCUT2D eigenvalue weighted by Gasteiger charge is -2.09. The first kappa shape index (κ1) is 11.5. The Morgan fingerprint density at radius 3 is 2.58 bits per heavy atom. The molecule has 1 N–H and O–H groups in total. The summed E-state index contributed by atoms with van der Waals surface area (Å²) in [6, 6.07) is 0. The van der Waals surface area contributed by atoms with Gasteiger partial charge in [-0.1, -0.05) is 33.8 Å². The highest BCUT2D eigenvalue weighted by Crippen LogP contribution is 2.03. The molecule has 0 aromatic carbocycles. The maximum absolute atomic E-state index is 3.95. The van der Waals surface area contributed by atoms with E-state index in [1.807, 2.05) is 0 Å². The molecule has 0 aromatic rings. The highest BCUT2D eigenvalue weighted by atomic mass is 14.9. The van der Waals surface area contributed by atoms with Crippen molar-refractivity contribution in [2.24, 2.45) is 5.92 Å². The molecule has 0 aromatic heterocycles. The second-order valence-electron chi connectivity index (χ2n) is 3.82. The summed E-state index contributed by atoms with van der Waals surface area (Å²) in [4.78, 5) is 0. The third-order valence-corrected chi connectivity index (χ3v) is 1.89. The van der Waals surface area contributed by atoms with Crippen molar-refractivity contribution in [1.29, 1.82) is 0 Å². The highest BCUT2D eigenvalue weighted by molar-refractivity contribution is 4.89. The van der Waals surface area contributed by atoms with Crippen LogP contribution in [0.2, 0.25) is 0 Å². The van der Waals surface area contributed by atoms with E-state index in [9.17, 15) is 0 Å². The van der Waals surface area contributed by atoms with Gasteiger partial charge in [0, 0.05) is 12.2 Å². The van der Waals surface area contributed by atoms with Crippen molar-refractivity contribution in [1.82, 2.24) is 5.32 Å². The fourth-order valence-corrected chi connectivity index (χ4v) is 1.17. The zero-order valence-corrected chi connectivity index (χ0v) is 8.82. The molecule has 0 aliphatic heterocycles. The van der Waals surface area contributed by atoms with Gasteiger partial charge in [-0.25, -0.2) is 0 Å². The van der Waals surface area contributed by atoms with Crippen LogP contribution in [0.5, 0.6) is 0 Å². The van der Waals surface area contributed by atoms with Crippen LogP contribution in [0.1, 0.15) is 46.5 Å². The van der Waals surface area contributed by atoms with Crippen molar-refractivity contribution in [2.45, 2.75) is 46.5 Å². The van der Waals surface area contributed by atoms with Crippen molar-refractivity contribution >= 4 is 0 Å². The van der Waals surface area contributed by atoms with Crippen LogP contribution in [0, 0.1) is 5.92 Å². The SMILES string of the molecule is C=C(CCC)NCCCC(C)C. The van der Waals surface area contributed by atoms with Gasteiger partial charge in [-0.2, -0.15) is 0 Å². The molecular weight excluding hydrogens is 146 g/mol. The van der Waals surface area contributed by atoms with Crippen molar-refractivity contribution < 1.29 is 0 Å². The van der Waals surface area contributed by atoms with Crippen LogP contribution in [-0.4, -0.2) is 6.54 Å². The van der Waals surface area contributed by atoms with Gasteiger partial charge in [0.1, 0.15) is 0 Å². The summed E-state index contributed by atoms with van der Waals surface area (Å²) in [6.45, 7) is 11.8. The molecule has 0 spiro atoms. The Kier molecular flexibility index (Phi) is 6.93. The molecule has 0 aliphatic rings. The molecule has 0 rings (SSSR count). The Hall–Kier alpha value is -0.460. The molecule has 0 atom stereocenters. The monoisotopic (exact) mass is 169 g/mol. The van der Waals surface area contributed by atoms with Crippen molar-refractivity contribution in [2.75, 3.05) is 6.54 Å². The number of hydrogen-bond acceptors (Lipinski definition) is 1. The minimum absolute atomic E-state index is 0.825. The fourth-order valence-electron chi connectivity index (χ4n) is 1.17. The lowest BCUT2D eigenvalue weighted by Crippen LogP contribution is -2.14. The predicted octanol–water partition coefficient (Wildman–Crippen LogP) is 3.33. The summed E-state index contributed by atoms with van der Waals surface area (Å²) >= 11 is 0. The van der Waals surface area contributed by atoms with E-state index in [1.54, 1.807) is 0 Å². The van der Waals surface area contributed by atoms with E-state index >= 15 is 0 Å². The van der Waals surface area contributed by atoms with Crippen molar-refractivity contribution in [3.05, 3.63) is 12.3 Å². The fraction of sp³-hybridized carbons (Fsp3) is 0.818. The molecule has 0 amide bonds. The van der Waals surface area contributed by atoms with Gasteiger partial charge in [0.25, 0.3) is 0 Å². The maximum atomic E-state index is 3.95. The van der Waals surface area contributed by atoms with Gasteiger partial charge in [-0.15, -0.1) is 0 Å². The maximum Gasteiger partial charge on any atom is 0.0143 e. The molecule has 0 saturated heterocycles. The van der Waals surface area contributed by atoms with Gasteiger partial charge >= 0.3 is 0 Å². The Morgan fingerprint density at radius 1 is 1.42 bits per heavy atom. The second kappa shape index (κ2) is 7.20. The zero-order chi connectivity index (χ0) is 9.40. The van der Waals surface area contributed by atoms with E-state index in [-0.39, 0.29) is 0 Å². The van der Waals surface area contributed by atoms with Crippen LogP contribution >= 0.6 is 0 Å². The standard InChI is InChI=1S/C11H23N/c1-5-7-11(4)12-9-6-8-10(2)3/h10,12H,4-9H2,1-3H3. The number of nitrogens with one attached hydrogen (secondary N) is 1. The molecule has 0 unspecified atom stereocenters. The van der Waals surface area contributed by atoms with Gasteiger partial charge in [0.15, 0.2) is 0 Å². The number of rotatable bonds is 7. The molecule has 0 radical (unpaired) electrons. The summed E-state index contributed by atoms with van der Waals surface area (Å²) in [5.41, 5.74) is 1.20. The van der Waals surface area contributed by atoms with Crippen LogP contribution in [0.25, 0.3) is 0 Å². The van der Waals surface area contributed by atoms with E-state index in [0.717, 1.165) is 18.9 Å². The minimum Gasteiger partial charge on any atom is -0.389 e. The predicted molar refractivity (Wildman–Crippen MR) is 56.1 cm³/mol. The molecule has 0 aliphatic carbocycles. The first-order chi connectivity index (χ1) is 5.66. The van der Waals surface area contributed by atoms with E-state index in [2.05, 4.69) is 32.7 Å². The minimum atomic E-state index is 0.825. The first-order valence-corrected chi connectivity index (χ1v) is 5.08. The Labute approximate surface area is 77.2 Å². The van der Waals surface area contributed by atoms with Crippen molar-refractivity contribution in [3.63, 3.8) is 0 Å². The summed E-state index contributed by atoms with van der Waals surface area (Å²) in [5, 5.41) is 3.34. The highest BCUT2D eigenvalue weighted by Gasteiger charge is 1.94. The third kappa shape index (κ3) is 7.64. The second-order valence-corrected chi connectivity index (χ2v) is 3.82. The Morgan fingerprint density at radius 2 is 2.08 bits per heavy atom. The number of hydrogen-bond donors (Lipinski definition) is 1. The average molecular weight is 169 g/mol. The van der Waals surface area contributed by atoms with Crippen molar-refractivity contribution in [3.8, 4) is 0 Å². The number of allylic oxidation sites excluding steroid dienone is 1. The van der Waals surface area contributed by atoms with E-state index in [0.29, 0.717) is 0 Å². The first-order valence-electron chi connectivity index (χ1n) is 5.08. The molecule has 1 heteroatoms. The van der Waals surface area contributed by atoms with Gasteiger partial charge in [0.2, 0.25) is 0 Å². The van der Waals surface area contributed by atoms with Gasteiger partial charge in [-0.3, -0.25) is 0 Å². The molecule has 12 heavy (non-hydrogen) atoms. The van der Waals surface area contributed by atoms with E-state index < -0.39 is 0 Å². The Balaban J connectivity index is 3.14. The summed E-state index contributed by atoms with van der Waals surface area (Å²) in [6.07, 6.45) is 4.88. The molecule has 72 valence electrons. The smallest absolute Gasteiger partial charge is 0.0143 e. The molecule has 0 bridgehead atoms. The van der Waals surface area contributed by atoms with Crippen LogP contribution in [-0.2, 0) is 0 Å². The van der Waals surface area contributed by atoms with Gasteiger partial charge in [0.05, 0.1) is 0 Å². The van der Waals surface area contributed by atoms with E-state index in [4.69, 9.17) is 0 Å². The zero-order valence-electron chi connectivity index (χ0n) is 8.82. The quantitative estimate of drug-likeness (QED) is 0.576.